The molecule has 0 radical (unpaired) electrons. The van der Waals surface area contributed by atoms with Gasteiger partial charge in [-0.2, -0.15) is 46.7 Å². The predicted octanol–water partition coefficient (Wildman–Crippen LogP) is 7.58. The summed E-state index contributed by atoms with van der Waals surface area (Å²) in [5.41, 5.74) is 1.21. The van der Waals surface area contributed by atoms with Crippen LogP contribution in [-0.4, -0.2) is 168 Å². The van der Waals surface area contributed by atoms with Gasteiger partial charge in [-0.05, 0) is 129 Å². The van der Waals surface area contributed by atoms with Crippen LogP contribution in [0.4, 0.5) is 11.4 Å². The molecule has 32 heteroatoms. The Labute approximate surface area is 526 Å². The van der Waals surface area contributed by atoms with E-state index in [9.17, 15) is 79.9 Å². The van der Waals surface area contributed by atoms with Gasteiger partial charge in [-0.1, -0.05) is 29.8 Å². The second-order valence-corrected chi connectivity index (χ2v) is 29.5. The van der Waals surface area contributed by atoms with E-state index in [2.05, 4.69) is 0 Å². The van der Waals surface area contributed by atoms with Crippen molar-refractivity contribution in [2.45, 2.75) is 103 Å². The average molecular weight is 1370 g/mol. The normalized spacial score (nSPS) is 19.4. The molecule has 490 valence electrons. The topological polar surface area (TPSA) is 387 Å². The van der Waals surface area contributed by atoms with Crippen molar-refractivity contribution in [2.24, 2.45) is 0 Å². The molecule has 2 unspecified atom stereocenters. The Morgan fingerprint density at radius 1 is 0.644 bits per heavy atom. The zero-order chi connectivity index (χ0) is 65.9. The van der Waals surface area contributed by atoms with Crippen LogP contribution >= 0.6 is 11.6 Å². The number of methoxy groups -OCH3 is 1. The van der Waals surface area contributed by atoms with Crippen LogP contribution in [0.3, 0.4) is 0 Å². The number of ether oxygens (including phenoxy) is 4. The molecule has 3 aliphatic rings. The lowest BCUT2D eigenvalue weighted by atomic mass is 9.74. The highest BCUT2D eigenvalue weighted by atomic mass is 35.5. The van der Waals surface area contributed by atoms with Crippen LogP contribution in [0.1, 0.15) is 83.3 Å². The molecule has 0 bridgehead atoms. The van der Waals surface area contributed by atoms with E-state index >= 15 is 0 Å². The molecule has 1 aromatic heterocycles. The van der Waals surface area contributed by atoms with E-state index in [1.807, 2.05) is 16.4 Å². The quantitative estimate of drug-likeness (QED) is 0.0138. The minimum absolute atomic E-state index is 0.00840. The second kappa shape index (κ2) is 27.6. The number of anilines is 1. The van der Waals surface area contributed by atoms with E-state index < -0.39 is 104 Å². The molecular formula is C58H69ClN3O23S5+. The number of allylic oxidation sites excluding steroid dienone is 8. The molecule has 90 heavy (non-hydrogen) atoms. The van der Waals surface area contributed by atoms with E-state index in [4.69, 9.17) is 35.4 Å². The third kappa shape index (κ3) is 15.3. The van der Waals surface area contributed by atoms with Gasteiger partial charge in [0.15, 0.2) is 5.71 Å². The molecule has 2 aliphatic heterocycles. The molecule has 26 nitrogen and oxygen atoms in total. The summed E-state index contributed by atoms with van der Waals surface area (Å²) in [5.74, 6) is -2.64. The third-order valence-corrected chi connectivity index (χ3v) is 20.8. The first kappa shape index (κ1) is 69.7. The molecule has 0 saturated carbocycles. The predicted molar refractivity (Wildman–Crippen MR) is 330 cm³/mol. The van der Waals surface area contributed by atoms with Crippen molar-refractivity contribution in [2.75, 3.05) is 77.1 Å². The second-order valence-electron chi connectivity index (χ2n) is 21.9. The number of hydrogen-bond acceptors (Lipinski definition) is 19. The van der Waals surface area contributed by atoms with Gasteiger partial charge in [0, 0.05) is 89.1 Å². The highest BCUT2D eigenvalue weighted by molar-refractivity contribution is 7.87. The summed E-state index contributed by atoms with van der Waals surface area (Å²) in [6, 6.07) is 11.6. The molecule has 8 rings (SSSR count). The Balaban J connectivity index is 1.25. The minimum Gasteiger partial charge on any atom is -0.492 e. The molecule has 1 aliphatic carbocycles. The van der Waals surface area contributed by atoms with Gasteiger partial charge in [-0.15, -0.1) is 4.73 Å². The average Bonchev–Trinajstić information content (AvgIpc) is 1.52. The summed E-state index contributed by atoms with van der Waals surface area (Å²) in [7, 11) is -23.4. The Bertz CT molecular complexity index is 4390. The van der Waals surface area contributed by atoms with Crippen molar-refractivity contribution in [1.82, 2.24) is 4.73 Å². The van der Waals surface area contributed by atoms with Crippen molar-refractivity contribution >= 4 is 107 Å². The van der Waals surface area contributed by atoms with Crippen LogP contribution in [0.5, 0.6) is 11.8 Å². The van der Waals surface area contributed by atoms with Gasteiger partial charge >= 0.3 is 5.97 Å². The fourth-order valence-corrected chi connectivity index (χ4v) is 15.5. The van der Waals surface area contributed by atoms with Crippen LogP contribution in [0.2, 0.25) is 0 Å². The van der Waals surface area contributed by atoms with Crippen LogP contribution in [0.25, 0.3) is 21.5 Å². The largest absolute Gasteiger partial charge is 0.492 e. The van der Waals surface area contributed by atoms with Gasteiger partial charge < -0.3 is 38.9 Å². The summed E-state index contributed by atoms with van der Waals surface area (Å²) < 4.78 is 203. The summed E-state index contributed by atoms with van der Waals surface area (Å²) in [4.78, 5) is 17.1. The van der Waals surface area contributed by atoms with Crippen molar-refractivity contribution in [3.8, 4) is 11.8 Å². The number of benzene rings is 4. The van der Waals surface area contributed by atoms with E-state index in [1.165, 1.54) is 12.1 Å². The monoisotopic (exact) mass is 1370 g/mol. The molecular weight excluding hydrogens is 1300 g/mol. The smallest absolute Gasteiger partial charge is 0.333 e. The third-order valence-electron chi connectivity index (χ3n) is 16.1. The zero-order valence-electron chi connectivity index (χ0n) is 49.2. The summed E-state index contributed by atoms with van der Waals surface area (Å²) >= 11 is 7.41. The number of fused-ring (bicyclic) bond motifs is 6. The number of aromatic hydroxyl groups is 2. The molecule has 3 heterocycles. The van der Waals surface area contributed by atoms with Crippen molar-refractivity contribution in [3.63, 3.8) is 0 Å². The van der Waals surface area contributed by atoms with E-state index in [0.717, 1.165) is 24.3 Å². The van der Waals surface area contributed by atoms with Crippen LogP contribution in [0, 0.1) is 0 Å². The first-order valence-corrected chi connectivity index (χ1v) is 35.9. The van der Waals surface area contributed by atoms with Crippen molar-refractivity contribution in [1.29, 1.82) is 0 Å². The zero-order valence-corrected chi connectivity index (χ0v) is 54.1. The highest BCUT2D eigenvalue weighted by Crippen LogP contribution is 2.55. The maximum atomic E-state index is 13.3. The van der Waals surface area contributed by atoms with Gasteiger partial charge in [0.25, 0.3) is 50.6 Å². The molecule has 7 N–H and O–H groups in total. The van der Waals surface area contributed by atoms with Gasteiger partial charge in [-0.3, -0.25) is 22.8 Å². The van der Waals surface area contributed by atoms with Gasteiger partial charge in [-0.25, -0.2) is 4.79 Å². The number of carbonyl (C=O) groups excluding carboxylic acids is 1. The fourth-order valence-electron chi connectivity index (χ4n) is 12.0. The SMILES string of the molecule is CCN1C(=CC=C2CCCC(C=CC3=[N+](CCCC(=O)On4c(O)ccc4O)c4ccc5c(S(=O)(=O)O)cc(S(=O)(=O)O)cc5c4C3(C)CCOCCOCCOCCOC)=C2Cl)C(C)(CCCS(=O)(=O)O)c2c1ccc1c(S(=O)(=O)O)cc(S(=O)(=O)O)cc21. The van der Waals surface area contributed by atoms with Crippen LogP contribution in [-0.2, 0) is 85.2 Å². The van der Waals surface area contributed by atoms with Crippen LogP contribution < -0.4 is 9.74 Å². The van der Waals surface area contributed by atoms with Gasteiger partial charge in [0.05, 0.1) is 67.0 Å². The molecule has 0 spiro atoms. The Kier molecular flexibility index (Phi) is 21.4. The Hall–Kier alpha value is -6.14. The molecule has 0 saturated heterocycles. The van der Waals surface area contributed by atoms with Gasteiger partial charge in [0.1, 0.15) is 16.3 Å². The number of nitrogens with zero attached hydrogens (tertiary/aromatic N) is 3. The molecule has 0 fully saturated rings. The number of carbonyl (C=O) groups is 1. The number of hydrogen-bond donors (Lipinski definition) is 7. The molecule has 4 aromatic carbocycles. The Morgan fingerprint density at radius 2 is 1.20 bits per heavy atom. The lowest BCUT2D eigenvalue weighted by Crippen LogP contribution is -2.33. The molecule has 2 atom stereocenters. The van der Waals surface area contributed by atoms with E-state index in [0.29, 0.717) is 106 Å². The maximum Gasteiger partial charge on any atom is 0.333 e. The number of aromatic nitrogens is 1. The number of halogens is 1. The summed E-state index contributed by atoms with van der Waals surface area (Å²) in [6.45, 7) is 7.25. The summed E-state index contributed by atoms with van der Waals surface area (Å²) in [6.07, 6.45) is 8.13. The van der Waals surface area contributed by atoms with Crippen LogP contribution in [0.15, 0.2) is 126 Å². The fraction of sp³-hybridized carbons (Fsp3) is 0.414. The lowest BCUT2D eigenvalue weighted by Gasteiger charge is -2.30. The van der Waals surface area contributed by atoms with E-state index in [-0.39, 0.29) is 93.2 Å². The van der Waals surface area contributed by atoms with E-state index in [1.54, 1.807) is 57.4 Å². The lowest BCUT2D eigenvalue weighted by molar-refractivity contribution is -0.438. The standard InChI is InChI=1S/C58H68ClN3O23S5/c1-5-60-45-16-14-41-43(33-39(87(69,70)71)35-47(41)89(75,76)77)54(45)57(2,22-8-32-86(66,67)68)49(60)18-12-37-9-6-10-38(56(37)59)13-19-50-58(3,23-25-82-28-29-84-31-30-83-27-26-81-4)55-44-34-40(88(72,73)74)36-48(90(78,79)80)42(44)15-17-46(55)61(50)24-7-11-53(65)85-62-51(63)20-21-52(62)64/h12-21,33-36H,5-11,22-32H2,1-4H3,(H6-,63,64,66,67,68,69,70,71,72,73,74,75,76,77,78,79,80)/p+1. The van der Waals surface area contributed by atoms with Crippen molar-refractivity contribution < 1.29 is 108 Å². The minimum atomic E-state index is -5.16. The Morgan fingerprint density at radius 3 is 1.74 bits per heavy atom. The molecule has 5 aromatic rings. The first-order valence-electron chi connectivity index (χ1n) is 28.2. The first-order chi connectivity index (χ1) is 42.1. The van der Waals surface area contributed by atoms with Crippen molar-refractivity contribution in [3.05, 3.63) is 118 Å². The summed E-state index contributed by atoms with van der Waals surface area (Å²) in [5, 5.41) is 20.5. The number of likely N-dealkylation sites (N-methyl/N-ethyl adjacent to an activating group) is 1. The highest BCUT2D eigenvalue weighted by Gasteiger charge is 2.50. The molecule has 0 amide bonds. The number of rotatable bonds is 29. The van der Waals surface area contributed by atoms with Gasteiger partial charge in [0.2, 0.25) is 17.4 Å². The maximum absolute atomic E-state index is 13.3.